The molecule has 3 rings (SSSR count). The molecular weight excluding hydrogens is 186 g/mol. The van der Waals surface area contributed by atoms with Gasteiger partial charge in [-0.25, -0.2) is 4.98 Å². The smallest absolute Gasteiger partial charge is 0.138 e. The van der Waals surface area contributed by atoms with E-state index in [1.165, 1.54) is 5.39 Å². The first-order valence-electron chi connectivity index (χ1n) is 4.95. The molecule has 15 heavy (non-hydrogen) atoms. The van der Waals surface area contributed by atoms with Gasteiger partial charge < -0.3 is 10.7 Å². The molecule has 0 aliphatic carbocycles. The van der Waals surface area contributed by atoms with Crippen LogP contribution in [0.15, 0.2) is 36.4 Å². The molecule has 3 aromatic rings. The maximum atomic E-state index is 5.56. The van der Waals surface area contributed by atoms with E-state index in [4.69, 9.17) is 5.73 Å². The molecule has 0 saturated heterocycles. The van der Waals surface area contributed by atoms with Crippen LogP contribution in [0.5, 0.6) is 0 Å². The molecule has 0 bridgehead atoms. The minimum atomic E-state index is 0.477. The van der Waals surface area contributed by atoms with Crippen molar-refractivity contribution in [2.45, 2.75) is 6.54 Å². The number of H-pyrrole nitrogens is 1. The van der Waals surface area contributed by atoms with Gasteiger partial charge in [0.05, 0.1) is 5.69 Å². The standard InChI is InChI=1S/C12H11N3/c13-7-8-5-6-10-9-3-1-2-4-11(9)15-12(10)14-8/h1-6H,7,13H2,(H,14,15). The van der Waals surface area contributed by atoms with Crippen LogP contribution in [-0.2, 0) is 6.54 Å². The number of para-hydroxylation sites is 1. The number of nitrogens with two attached hydrogens (primary N) is 1. The molecule has 2 aromatic heterocycles. The number of rotatable bonds is 1. The molecule has 0 fully saturated rings. The van der Waals surface area contributed by atoms with Crippen molar-refractivity contribution in [1.29, 1.82) is 0 Å². The zero-order valence-electron chi connectivity index (χ0n) is 8.20. The summed E-state index contributed by atoms with van der Waals surface area (Å²) in [4.78, 5) is 7.74. The van der Waals surface area contributed by atoms with Gasteiger partial charge >= 0.3 is 0 Å². The normalized spacial score (nSPS) is 11.3. The first-order chi connectivity index (χ1) is 7.38. The Morgan fingerprint density at radius 1 is 1.07 bits per heavy atom. The number of aromatic amines is 1. The van der Waals surface area contributed by atoms with Crippen molar-refractivity contribution in [3.8, 4) is 0 Å². The molecular formula is C12H11N3. The average Bonchev–Trinajstić information content (AvgIpc) is 2.66. The number of hydrogen-bond donors (Lipinski definition) is 2. The maximum absolute atomic E-state index is 5.56. The molecule has 74 valence electrons. The minimum absolute atomic E-state index is 0.477. The van der Waals surface area contributed by atoms with Gasteiger partial charge in [-0.3, -0.25) is 0 Å². The zero-order valence-corrected chi connectivity index (χ0v) is 8.20. The van der Waals surface area contributed by atoms with Gasteiger partial charge in [0.1, 0.15) is 5.65 Å². The van der Waals surface area contributed by atoms with Crippen LogP contribution in [0.3, 0.4) is 0 Å². The summed E-state index contributed by atoms with van der Waals surface area (Å²) < 4.78 is 0. The number of pyridine rings is 1. The summed E-state index contributed by atoms with van der Waals surface area (Å²) in [6, 6.07) is 12.2. The highest BCUT2D eigenvalue weighted by molar-refractivity contribution is 6.05. The van der Waals surface area contributed by atoms with Crippen LogP contribution in [0, 0.1) is 0 Å². The SMILES string of the molecule is NCc1ccc2c(n1)[nH]c1ccccc12. The molecule has 3 nitrogen and oxygen atoms in total. The fraction of sp³-hybridized carbons (Fsp3) is 0.0833. The number of benzene rings is 1. The van der Waals surface area contributed by atoms with Crippen LogP contribution < -0.4 is 5.73 Å². The van der Waals surface area contributed by atoms with Gasteiger partial charge in [0.2, 0.25) is 0 Å². The van der Waals surface area contributed by atoms with Gasteiger partial charge in [-0.15, -0.1) is 0 Å². The van der Waals surface area contributed by atoms with Crippen LogP contribution in [0.1, 0.15) is 5.69 Å². The van der Waals surface area contributed by atoms with Crippen LogP contribution in [-0.4, -0.2) is 9.97 Å². The number of fused-ring (bicyclic) bond motifs is 3. The van der Waals surface area contributed by atoms with E-state index < -0.39 is 0 Å². The molecule has 0 atom stereocenters. The Hall–Kier alpha value is -1.87. The molecule has 0 radical (unpaired) electrons. The lowest BCUT2D eigenvalue weighted by atomic mass is 10.2. The third-order valence-corrected chi connectivity index (χ3v) is 2.63. The Kier molecular flexibility index (Phi) is 1.73. The summed E-state index contributed by atoms with van der Waals surface area (Å²) >= 11 is 0. The second-order valence-corrected chi connectivity index (χ2v) is 3.57. The number of aromatic nitrogens is 2. The van der Waals surface area contributed by atoms with Gasteiger partial charge in [-0.1, -0.05) is 18.2 Å². The van der Waals surface area contributed by atoms with Gasteiger partial charge in [-0.05, 0) is 18.2 Å². The Labute approximate surface area is 86.9 Å². The van der Waals surface area contributed by atoms with Gasteiger partial charge in [0.15, 0.2) is 0 Å². The number of hydrogen-bond acceptors (Lipinski definition) is 2. The predicted molar refractivity (Wildman–Crippen MR) is 61.5 cm³/mol. The van der Waals surface area contributed by atoms with E-state index in [-0.39, 0.29) is 0 Å². The average molecular weight is 197 g/mol. The Morgan fingerprint density at radius 3 is 2.80 bits per heavy atom. The topological polar surface area (TPSA) is 54.7 Å². The number of nitrogens with one attached hydrogen (secondary N) is 1. The van der Waals surface area contributed by atoms with E-state index >= 15 is 0 Å². The zero-order chi connectivity index (χ0) is 10.3. The van der Waals surface area contributed by atoms with E-state index in [2.05, 4.69) is 28.2 Å². The van der Waals surface area contributed by atoms with Crippen molar-refractivity contribution in [1.82, 2.24) is 9.97 Å². The van der Waals surface area contributed by atoms with Crippen LogP contribution >= 0.6 is 0 Å². The largest absolute Gasteiger partial charge is 0.339 e. The molecule has 0 aliphatic rings. The van der Waals surface area contributed by atoms with Crippen molar-refractivity contribution in [3.05, 3.63) is 42.1 Å². The molecule has 0 unspecified atom stereocenters. The summed E-state index contributed by atoms with van der Waals surface area (Å²) in [7, 11) is 0. The van der Waals surface area contributed by atoms with E-state index in [1.807, 2.05) is 18.2 Å². The van der Waals surface area contributed by atoms with E-state index in [9.17, 15) is 0 Å². The van der Waals surface area contributed by atoms with E-state index in [0.29, 0.717) is 6.54 Å². The highest BCUT2D eigenvalue weighted by Gasteiger charge is 2.04. The summed E-state index contributed by atoms with van der Waals surface area (Å²) in [6.07, 6.45) is 0. The van der Waals surface area contributed by atoms with Crippen molar-refractivity contribution in [2.24, 2.45) is 5.73 Å². The summed E-state index contributed by atoms with van der Waals surface area (Å²) in [5.74, 6) is 0. The lowest BCUT2D eigenvalue weighted by Crippen LogP contribution is -1.98. The molecule has 0 aliphatic heterocycles. The van der Waals surface area contributed by atoms with Crippen LogP contribution in [0.25, 0.3) is 21.9 Å². The fourth-order valence-corrected chi connectivity index (χ4v) is 1.88. The third kappa shape index (κ3) is 1.21. The predicted octanol–water partition coefficient (Wildman–Crippen LogP) is 2.17. The van der Waals surface area contributed by atoms with Crippen molar-refractivity contribution in [3.63, 3.8) is 0 Å². The molecule has 1 aromatic carbocycles. The summed E-state index contributed by atoms with van der Waals surface area (Å²) in [5, 5.41) is 2.37. The quantitative estimate of drug-likeness (QED) is 0.628. The van der Waals surface area contributed by atoms with Gasteiger partial charge in [0, 0.05) is 22.8 Å². The highest BCUT2D eigenvalue weighted by atomic mass is 14.9. The van der Waals surface area contributed by atoms with Crippen LogP contribution in [0.2, 0.25) is 0 Å². The molecule has 0 amide bonds. The Morgan fingerprint density at radius 2 is 1.93 bits per heavy atom. The van der Waals surface area contributed by atoms with Crippen LogP contribution in [0.4, 0.5) is 0 Å². The molecule has 0 saturated carbocycles. The molecule has 2 heterocycles. The first-order valence-corrected chi connectivity index (χ1v) is 4.95. The second-order valence-electron chi connectivity index (χ2n) is 3.57. The molecule has 3 heteroatoms. The van der Waals surface area contributed by atoms with E-state index in [0.717, 1.165) is 22.2 Å². The van der Waals surface area contributed by atoms with Crippen molar-refractivity contribution >= 4 is 21.9 Å². The summed E-state index contributed by atoms with van der Waals surface area (Å²) in [5.41, 5.74) is 8.51. The van der Waals surface area contributed by atoms with Crippen molar-refractivity contribution in [2.75, 3.05) is 0 Å². The van der Waals surface area contributed by atoms with Gasteiger partial charge in [0.25, 0.3) is 0 Å². The van der Waals surface area contributed by atoms with Crippen molar-refractivity contribution < 1.29 is 0 Å². The third-order valence-electron chi connectivity index (χ3n) is 2.63. The first kappa shape index (κ1) is 8.44. The molecule has 0 spiro atoms. The highest BCUT2D eigenvalue weighted by Crippen LogP contribution is 2.23. The Balaban J connectivity index is 2.43. The fourth-order valence-electron chi connectivity index (χ4n) is 1.88. The Bertz CT molecular complexity index is 625. The van der Waals surface area contributed by atoms with Gasteiger partial charge in [-0.2, -0.15) is 0 Å². The monoisotopic (exact) mass is 197 g/mol. The maximum Gasteiger partial charge on any atom is 0.138 e. The lowest BCUT2D eigenvalue weighted by molar-refractivity contribution is 1.00. The second kappa shape index (κ2) is 3.07. The summed E-state index contributed by atoms with van der Waals surface area (Å²) in [6.45, 7) is 0.477. The molecule has 3 N–H and O–H groups in total. The lowest BCUT2D eigenvalue weighted by Gasteiger charge is -1.94. The van der Waals surface area contributed by atoms with E-state index in [1.54, 1.807) is 0 Å². The minimum Gasteiger partial charge on any atom is -0.339 e. The number of nitrogens with zero attached hydrogens (tertiary/aromatic N) is 1.